The van der Waals surface area contributed by atoms with E-state index in [4.69, 9.17) is 10.5 Å². The fraction of sp³-hybridized carbons (Fsp3) is 0.308. The zero-order valence-corrected chi connectivity index (χ0v) is 10.4. The first-order chi connectivity index (χ1) is 8.34. The fourth-order valence-electron chi connectivity index (χ4n) is 1.55. The molecule has 0 bridgehead atoms. The lowest BCUT2D eigenvalue weighted by atomic mass is 10.1. The van der Waals surface area contributed by atoms with Crippen LogP contribution in [0.15, 0.2) is 42.0 Å². The van der Waals surface area contributed by atoms with Crippen LogP contribution in [-0.4, -0.2) is 17.6 Å². The predicted molar refractivity (Wildman–Crippen MR) is 70.3 cm³/mol. The Kier molecular flexibility index (Phi) is 4.53. The summed E-state index contributed by atoms with van der Waals surface area (Å²) < 4.78 is 5.60. The summed E-state index contributed by atoms with van der Waals surface area (Å²) >= 11 is 1.65. The minimum atomic E-state index is 0.138. The lowest BCUT2D eigenvalue weighted by Crippen LogP contribution is -2.24. The van der Waals surface area contributed by atoms with E-state index in [0.717, 1.165) is 18.6 Å². The van der Waals surface area contributed by atoms with E-state index in [9.17, 15) is 0 Å². The van der Waals surface area contributed by atoms with Crippen molar-refractivity contribution in [1.82, 2.24) is 4.98 Å². The third-order valence-electron chi connectivity index (χ3n) is 2.45. The van der Waals surface area contributed by atoms with Crippen LogP contribution in [0, 0.1) is 0 Å². The van der Waals surface area contributed by atoms with Crippen molar-refractivity contribution in [3.8, 4) is 5.75 Å². The number of rotatable bonds is 6. The Morgan fingerprint density at radius 2 is 2.12 bits per heavy atom. The van der Waals surface area contributed by atoms with E-state index in [1.54, 1.807) is 11.3 Å². The molecule has 2 rings (SSSR count). The Balaban J connectivity index is 1.68. The van der Waals surface area contributed by atoms with Gasteiger partial charge in [-0.05, 0) is 25.0 Å². The van der Waals surface area contributed by atoms with Crippen LogP contribution in [0.5, 0.6) is 5.75 Å². The average molecular weight is 248 g/mol. The summed E-state index contributed by atoms with van der Waals surface area (Å²) in [4.78, 5) is 5.27. The molecule has 0 spiro atoms. The SMILES string of the molecule is NC(CCOc1ccccc1)Cc1cncs1. The van der Waals surface area contributed by atoms with Crippen molar-refractivity contribution in [2.45, 2.75) is 18.9 Å². The third-order valence-corrected chi connectivity index (χ3v) is 3.25. The Labute approximate surface area is 105 Å². The molecule has 1 unspecified atom stereocenters. The van der Waals surface area contributed by atoms with Gasteiger partial charge in [-0.3, -0.25) is 4.98 Å². The molecule has 1 atom stereocenters. The molecular formula is C13H16N2OS. The van der Waals surface area contributed by atoms with Crippen molar-refractivity contribution < 1.29 is 4.74 Å². The van der Waals surface area contributed by atoms with E-state index in [2.05, 4.69) is 4.98 Å². The van der Waals surface area contributed by atoms with Gasteiger partial charge in [-0.1, -0.05) is 18.2 Å². The zero-order chi connectivity index (χ0) is 11.9. The molecule has 0 aliphatic heterocycles. The first-order valence-corrected chi connectivity index (χ1v) is 6.53. The van der Waals surface area contributed by atoms with Gasteiger partial charge in [0.1, 0.15) is 5.75 Å². The third kappa shape index (κ3) is 4.17. The molecule has 90 valence electrons. The Morgan fingerprint density at radius 3 is 2.82 bits per heavy atom. The Morgan fingerprint density at radius 1 is 1.29 bits per heavy atom. The standard InChI is InChI=1S/C13H16N2OS/c14-11(8-13-9-15-10-17-13)6-7-16-12-4-2-1-3-5-12/h1-5,9-11H,6-8,14H2. The Hall–Kier alpha value is -1.39. The normalized spacial score (nSPS) is 12.3. The lowest BCUT2D eigenvalue weighted by Gasteiger charge is -2.11. The van der Waals surface area contributed by atoms with E-state index in [1.165, 1.54) is 4.88 Å². The van der Waals surface area contributed by atoms with Gasteiger partial charge in [0.2, 0.25) is 0 Å². The molecule has 1 aromatic heterocycles. The van der Waals surface area contributed by atoms with Crippen molar-refractivity contribution in [1.29, 1.82) is 0 Å². The van der Waals surface area contributed by atoms with Crippen LogP contribution < -0.4 is 10.5 Å². The lowest BCUT2D eigenvalue weighted by molar-refractivity contribution is 0.297. The second kappa shape index (κ2) is 6.37. The van der Waals surface area contributed by atoms with Crippen molar-refractivity contribution in [2.75, 3.05) is 6.61 Å². The molecule has 2 aromatic rings. The summed E-state index contributed by atoms with van der Waals surface area (Å²) in [5, 5.41) is 0. The molecule has 2 N–H and O–H groups in total. The van der Waals surface area contributed by atoms with E-state index in [1.807, 2.05) is 42.0 Å². The van der Waals surface area contributed by atoms with E-state index >= 15 is 0 Å². The molecule has 17 heavy (non-hydrogen) atoms. The molecule has 0 saturated carbocycles. The van der Waals surface area contributed by atoms with Crippen molar-refractivity contribution in [3.63, 3.8) is 0 Å². The number of nitrogens with two attached hydrogens (primary N) is 1. The van der Waals surface area contributed by atoms with Crippen LogP contribution in [0.2, 0.25) is 0 Å². The minimum Gasteiger partial charge on any atom is -0.494 e. The minimum absolute atomic E-state index is 0.138. The number of hydrogen-bond acceptors (Lipinski definition) is 4. The molecule has 3 nitrogen and oxygen atoms in total. The first kappa shape index (κ1) is 12.1. The second-order valence-corrected chi connectivity index (χ2v) is 4.85. The molecule has 0 saturated heterocycles. The number of aromatic nitrogens is 1. The van der Waals surface area contributed by atoms with Crippen molar-refractivity contribution in [3.05, 3.63) is 46.9 Å². The van der Waals surface area contributed by atoms with Gasteiger partial charge in [0.25, 0.3) is 0 Å². The van der Waals surface area contributed by atoms with Crippen LogP contribution >= 0.6 is 11.3 Å². The highest BCUT2D eigenvalue weighted by molar-refractivity contribution is 7.09. The van der Waals surface area contributed by atoms with E-state index in [-0.39, 0.29) is 6.04 Å². The van der Waals surface area contributed by atoms with Crippen LogP contribution in [0.25, 0.3) is 0 Å². The fourth-order valence-corrected chi connectivity index (χ4v) is 2.24. The topological polar surface area (TPSA) is 48.1 Å². The van der Waals surface area contributed by atoms with Gasteiger partial charge in [-0.2, -0.15) is 0 Å². The summed E-state index contributed by atoms with van der Waals surface area (Å²) in [5.41, 5.74) is 7.86. The number of benzene rings is 1. The quantitative estimate of drug-likeness (QED) is 0.854. The Bertz CT molecular complexity index is 416. The van der Waals surface area contributed by atoms with Crippen LogP contribution in [-0.2, 0) is 6.42 Å². The van der Waals surface area contributed by atoms with Gasteiger partial charge in [0.05, 0.1) is 12.1 Å². The second-order valence-electron chi connectivity index (χ2n) is 3.88. The molecule has 4 heteroatoms. The molecule has 0 fully saturated rings. The predicted octanol–water partition coefficient (Wildman–Crippen LogP) is 2.48. The maximum Gasteiger partial charge on any atom is 0.119 e. The summed E-state index contributed by atoms with van der Waals surface area (Å²) in [6.45, 7) is 0.657. The molecule has 0 aliphatic rings. The first-order valence-electron chi connectivity index (χ1n) is 5.65. The number of ether oxygens (including phenoxy) is 1. The summed E-state index contributed by atoms with van der Waals surface area (Å²) in [6, 6.07) is 9.95. The van der Waals surface area contributed by atoms with E-state index in [0.29, 0.717) is 6.61 Å². The van der Waals surface area contributed by atoms with Gasteiger partial charge in [0, 0.05) is 17.1 Å². The van der Waals surface area contributed by atoms with Crippen molar-refractivity contribution >= 4 is 11.3 Å². The smallest absolute Gasteiger partial charge is 0.119 e. The number of thiazole rings is 1. The number of hydrogen-bond donors (Lipinski definition) is 1. The average Bonchev–Trinajstić information content (AvgIpc) is 2.83. The molecule has 0 aliphatic carbocycles. The van der Waals surface area contributed by atoms with Crippen LogP contribution in [0.3, 0.4) is 0 Å². The molecular weight excluding hydrogens is 232 g/mol. The van der Waals surface area contributed by atoms with E-state index < -0.39 is 0 Å². The van der Waals surface area contributed by atoms with Gasteiger partial charge in [-0.25, -0.2) is 0 Å². The maximum absolute atomic E-state index is 6.03. The molecule has 0 amide bonds. The number of nitrogens with zero attached hydrogens (tertiary/aromatic N) is 1. The molecule has 1 aromatic carbocycles. The summed E-state index contributed by atoms with van der Waals surface area (Å²) in [5.74, 6) is 0.900. The highest BCUT2D eigenvalue weighted by Crippen LogP contribution is 2.11. The highest BCUT2D eigenvalue weighted by Gasteiger charge is 2.05. The highest BCUT2D eigenvalue weighted by atomic mass is 32.1. The summed E-state index contributed by atoms with van der Waals surface area (Å²) in [6.07, 6.45) is 3.61. The maximum atomic E-state index is 6.03. The molecule has 1 heterocycles. The monoisotopic (exact) mass is 248 g/mol. The van der Waals surface area contributed by atoms with Crippen molar-refractivity contribution in [2.24, 2.45) is 5.73 Å². The number of para-hydroxylation sites is 1. The zero-order valence-electron chi connectivity index (χ0n) is 9.58. The van der Waals surface area contributed by atoms with Gasteiger partial charge in [0.15, 0.2) is 0 Å². The van der Waals surface area contributed by atoms with Gasteiger partial charge >= 0.3 is 0 Å². The largest absolute Gasteiger partial charge is 0.494 e. The van der Waals surface area contributed by atoms with Crippen LogP contribution in [0.1, 0.15) is 11.3 Å². The van der Waals surface area contributed by atoms with Gasteiger partial charge < -0.3 is 10.5 Å². The summed E-state index contributed by atoms with van der Waals surface area (Å²) in [7, 11) is 0. The van der Waals surface area contributed by atoms with Crippen LogP contribution in [0.4, 0.5) is 0 Å². The van der Waals surface area contributed by atoms with Gasteiger partial charge in [-0.15, -0.1) is 11.3 Å². The molecule has 0 radical (unpaired) electrons.